The Morgan fingerprint density at radius 3 is 1.94 bits per heavy atom. The Labute approximate surface area is 111 Å². The van der Waals surface area contributed by atoms with Gasteiger partial charge in [0.2, 0.25) is 0 Å². The average Bonchev–Trinajstić information content (AvgIpc) is 2.38. The third kappa shape index (κ3) is 3.46. The fourth-order valence-electron chi connectivity index (χ4n) is 2.52. The molecule has 2 rings (SSSR count). The van der Waals surface area contributed by atoms with Crippen LogP contribution in [0.2, 0.25) is 0 Å². The first kappa shape index (κ1) is 12.9. The predicted octanol–water partition coefficient (Wildman–Crippen LogP) is 4.87. The van der Waals surface area contributed by atoms with Crippen LogP contribution in [-0.2, 0) is 12.8 Å². The van der Waals surface area contributed by atoms with E-state index >= 15 is 0 Å². The Kier molecular flexibility index (Phi) is 4.58. The van der Waals surface area contributed by atoms with Gasteiger partial charge >= 0.3 is 0 Å². The molecule has 94 valence electrons. The summed E-state index contributed by atoms with van der Waals surface area (Å²) in [5.41, 5.74) is 5.88. The van der Waals surface area contributed by atoms with E-state index in [4.69, 9.17) is 0 Å². The summed E-state index contributed by atoms with van der Waals surface area (Å²) >= 11 is 0. The van der Waals surface area contributed by atoms with Crippen molar-refractivity contribution in [2.75, 3.05) is 0 Å². The molecule has 0 heteroatoms. The van der Waals surface area contributed by atoms with Crippen molar-refractivity contribution in [1.82, 2.24) is 0 Å². The van der Waals surface area contributed by atoms with Crippen LogP contribution in [0, 0.1) is 13.8 Å². The largest absolute Gasteiger partial charge is 0.0622 e. The second-order valence-corrected chi connectivity index (χ2v) is 5.06. The molecule has 2 aromatic carbocycles. The summed E-state index contributed by atoms with van der Waals surface area (Å²) < 4.78 is 0. The molecular weight excluding hydrogens is 216 g/mol. The van der Waals surface area contributed by atoms with Crippen LogP contribution in [0.1, 0.15) is 35.1 Å². The fourth-order valence-corrected chi connectivity index (χ4v) is 2.52. The van der Waals surface area contributed by atoms with Gasteiger partial charge in [-0.15, -0.1) is 0 Å². The van der Waals surface area contributed by atoms with E-state index in [1.54, 1.807) is 5.56 Å². The van der Waals surface area contributed by atoms with Gasteiger partial charge in [0.15, 0.2) is 0 Å². The molecule has 0 nitrogen and oxygen atoms in total. The maximum Gasteiger partial charge on any atom is -0.0274 e. The van der Waals surface area contributed by atoms with E-state index in [9.17, 15) is 0 Å². The van der Waals surface area contributed by atoms with Crippen molar-refractivity contribution in [3.8, 4) is 0 Å². The highest BCUT2D eigenvalue weighted by atomic mass is 14.1. The van der Waals surface area contributed by atoms with Gasteiger partial charge in [-0.1, -0.05) is 48.5 Å². The van der Waals surface area contributed by atoms with Crippen LogP contribution in [0.4, 0.5) is 0 Å². The summed E-state index contributed by atoms with van der Waals surface area (Å²) in [6, 6.07) is 17.4. The topological polar surface area (TPSA) is 0 Å². The molecule has 0 radical (unpaired) electrons. The molecule has 0 bridgehead atoms. The van der Waals surface area contributed by atoms with Gasteiger partial charge in [0, 0.05) is 0 Å². The molecule has 0 aliphatic carbocycles. The van der Waals surface area contributed by atoms with Gasteiger partial charge in [0.25, 0.3) is 0 Å². The SMILES string of the molecule is Cc1cccc(C)c1CCCCc1ccccc1. The zero-order valence-electron chi connectivity index (χ0n) is 11.4. The minimum Gasteiger partial charge on any atom is -0.0622 e. The van der Waals surface area contributed by atoms with Crippen molar-refractivity contribution in [2.45, 2.75) is 39.5 Å². The zero-order valence-corrected chi connectivity index (χ0v) is 11.4. The summed E-state index contributed by atoms with van der Waals surface area (Å²) in [5.74, 6) is 0. The lowest BCUT2D eigenvalue weighted by Crippen LogP contribution is -1.95. The maximum absolute atomic E-state index is 2.22. The summed E-state index contributed by atoms with van der Waals surface area (Å²) in [7, 11) is 0. The Morgan fingerprint density at radius 2 is 1.28 bits per heavy atom. The maximum atomic E-state index is 2.22. The van der Waals surface area contributed by atoms with Crippen molar-refractivity contribution in [3.63, 3.8) is 0 Å². The van der Waals surface area contributed by atoms with Crippen LogP contribution in [0.5, 0.6) is 0 Å². The summed E-state index contributed by atoms with van der Waals surface area (Å²) in [5, 5.41) is 0. The van der Waals surface area contributed by atoms with Crippen molar-refractivity contribution in [3.05, 3.63) is 70.8 Å². The number of rotatable bonds is 5. The number of aryl methyl sites for hydroxylation is 3. The van der Waals surface area contributed by atoms with Crippen LogP contribution in [0.15, 0.2) is 48.5 Å². The minimum atomic E-state index is 1.20. The van der Waals surface area contributed by atoms with E-state index in [1.165, 1.54) is 42.4 Å². The van der Waals surface area contributed by atoms with Crippen molar-refractivity contribution >= 4 is 0 Å². The summed E-state index contributed by atoms with van der Waals surface area (Å²) in [6.45, 7) is 4.44. The molecular formula is C18H22. The molecule has 0 fully saturated rings. The molecule has 0 saturated carbocycles. The highest BCUT2D eigenvalue weighted by Crippen LogP contribution is 2.16. The highest BCUT2D eigenvalue weighted by Gasteiger charge is 2.01. The normalized spacial score (nSPS) is 10.6. The standard InChI is InChI=1S/C18H22/c1-15-9-8-10-16(2)18(15)14-7-6-13-17-11-4-3-5-12-17/h3-5,8-12H,6-7,13-14H2,1-2H3. The lowest BCUT2D eigenvalue weighted by atomic mass is 9.97. The molecule has 0 N–H and O–H groups in total. The van der Waals surface area contributed by atoms with E-state index in [0.717, 1.165) is 0 Å². The summed E-state index contributed by atoms with van der Waals surface area (Å²) in [4.78, 5) is 0. The van der Waals surface area contributed by atoms with Crippen molar-refractivity contribution in [2.24, 2.45) is 0 Å². The molecule has 0 aliphatic rings. The molecule has 0 heterocycles. The first-order valence-corrected chi connectivity index (χ1v) is 6.86. The predicted molar refractivity (Wildman–Crippen MR) is 79.0 cm³/mol. The van der Waals surface area contributed by atoms with Gasteiger partial charge in [-0.05, 0) is 61.8 Å². The molecule has 18 heavy (non-hydrogen) atoms. The Bertz CT molecular complexity index is 462. The number of hydrogen-bond donors (Lipinski definition) is 0. The smallest absolute Gasteiger partial charge is 0.0274 e. The molecule has 0 amide bonds. The number of benzene rings is 2. The fraction of sp³-hybridized carbons (Fsp3) is 0.333. The number of hydrogen-bond acceptors (Lipinski definition) is 0. The summed E-state index contributed by atoms with van der Waals surface area (Å²) in [6.07, 6.45) is 4.97. The molecule has 0 atom stereocenters. The Hall–Kier alpha value is -1.56. The van der Waals surface area contributed by atoms with Gasteiger partial charge in [-0.3, -0.25) is 0 Å². The molecule has 0 spiro atoms. The monoisotopic (exact) mass is 238 g/mol. The molecule has 0 saturated heterocycles. The van der Waals surface area contributed by atoms with Gasteiger partial charge in [-0.2, -0.15) is 0 Å². The van der Waals surface area contributed by atoms with Crippen LogP contribution < -0.4 is 0 Å². The van der Waals surface area contributed by atoms with Crippen molar-refractivity contribution in [1.29, 1.82) is 0 Å². The quantitative estimate of drug-likeness (QED) is 0.652. The Balaban J connectivity index is 1.82. The van der Waals surface area contributed by atoms with Crippen LogP contribution >= 0.6 is 0 Å². The first-order chi connectivity index (χ1) is 8.77. The molecule has 0 unspecified atom stereocenters. The van der Waals surface area contributed by atoms with E-state index in [0.29, 0.717) is 0 Å². The molecule has 2 aromatic rings. The Morgan fingerprint density at radius 1 is 0.667 bits per heavy atom. The van der Waals surface area contributed by atoms with E-state index in [2.05, 4.69) is 62.4 Å². The lowest BCUT2D eigenvalue weighted by molar-refractivity contribution is 0.729. The van der Waals surface area contributed by atoms with E-state index in [-0.39, 0.29) is 0 Å². The second kappa shape index (κ2) is 6.39. The molecule has 0 aromatic heterocycles. The lowest BCUT2D eigenvalue weighted by Gasteiger charge is -2.09. The number of unbranched alkanes of at least 4 members (excludes halogenated alkanes) is 1. The van der Waals surface area contributed by atoms with Gasteiger partial charge in [-0.25, -0.2) is 0 Å². The first-order valence-electron chi connectivity index (χ1n) is 6.86. The van der Waals surface area contributed by atoms with Crippen LogP contribution in [0.3, 0.4) is 0 Å². The molecule has 0 aliphatic heterocycles. The highest BCUT2D eigenvalue weighted by molar-refractivity contribution is 5.33. The zero-order chi connectivity index (χ0) is 12.8. The third-order valence-electron chi connectivity index (χ3n) is 3.63. The van der Waals surface area contributed by atoms with Gasteiger partial charge in [0.05, 0.1) is 0 Å². The van der Waals surface area contributed by atoms with E-state index < -0.39 is 0 Å². The van der Waals surface area contributed by atoms with Crippen LogP contribution in [0.25, 0.3) is 0 Å². The second-order valence-electron chi connectivity index (χ2n) is 5.06. The van der Waals surface area contributed by atoms with E-state index in [1.807, 2.05) is 0 Å². The van der Waals surface area contributed by atoms with Gasteiger partial charge < -0.3 is 0 Å². The average molecular weight is 238 g/mol. The van der Waals surface area contributed by atoms with Crippen LogP contribution in [-0.4, -0.2) is 0 Å². The van der Waals surface area contributed by atoms with Crippen molar-refractivity contribution < 1.29 is 0 Å². The van der Waals surface area contributed by atoms with Gasteiger partial charge in [0.1, 0.15) is 0 Å². The minimum absolute atomic E-state index is 1.20. The third-order valence-corrected chi connectivity index (χ3v) is 3.63.